The summed E-state index contributed by atoms with van der Waals surface area (Å²) < 4.78 is 13.6. The molecular weight excluding hydrogens is 247 g/mol. The van der Waals surface area contributed by atoms with Crippen molar-refractivity contribution in [2.24, 2.45) is 5.41 Å². The topological polar surface area (TPSA) is 58.2 Å². The maximum absolute atomic E-state index is 13.6. The lowest BCUT2D eigenvalue weighted by Gasteiger charge is -2.17. The molecule has 0 aliphatic rings. The summed E-state index contributed by atoms with van der Waals surface area (Å²) in [6.45, 7) is 7.14. The molecule has 4 nitrogen and oxygen atoms in total. The number of nitrogens with one attached hydrogen (secondary N) is 2. The van der Waals surface area contributed by atoms with Gasteiger partial charge in [0.05, 0.1) is 5.69 Å². The van der Waals surface area contributed by atoms with Crippen molar-refractivity contribution < 1.29 is 14.0 Å². The standard InChI is InChI=1S/C14H19FN2O2/c1-9(18)16-10-5-6-11(15)12(7-10)17-13(19)8-14(2,3)4/h5-7H,8H2,1-4H3,(H,16,18)(H,17,19). The van der Waals surface area contributed by atoms with Gasteiger partial charge in [0.1, 0.15) is 5.82 Å². The van der Waals surface area contributed by atoms with E-state index in [2.05, 4.69) is 10.6 Å². The molecule has 0 aliphatic carbocycles. The Morgan fingerprint density at radius 2 is 1.84 bits per heavy atom. The van der Waals surface area contributed by atoms with Crippen LogP contribution in [0.3, 0.4) is 0 Å². The molecule has 19 heavy (non-hydrogen) atoms. The Labute approximate surface area is 112 Å². The number of rotatable bonds is 3. The van der Waals surface area contributed by atoms with E-state index in [9.17, 15) is 14.0 Å². The van der Waals surface area contributed by atoms with Crippen LogP contribution in [-0.2, 0) is 9.59 Å². The Hall–Kier alpha value is -1.91. The summed E-state index contributed by atoms with van der Waals surface area (Å²) in [5.74, 6) is -1.04. The van der Waals surface area contributed by atoms with Crippen molar-refractivity contribution in [1.29, 1.82) is 0 Å². The fourth-order valence-electron chi connectivity index (χ4n) is 1.58. The van der Waals surface area contributed by atoms with Crippen LogP contribution in [-0.4, -0.2) is 11.8 Å². The third kappa shape index (κ3) is 5.50. The van der Waals surface area contributed by atoms with E-state index in [-0.39, 0.29) is 29.3 Å². The molecule has 0 atom stereocenters. The monoisotopic (exact) mass is 266 g/mol. The van der Waals surface area contributed by atoms with Gasteiger partial charge in [0.15, 0.2) is 0 Å². The molecule has 0 bridgehead atoms. The second-order valence-corrected chi connectivity index (χ2v) is 5.66. The Morgan fingerprint density at radius 3 is 2.37 bits per heavy atom. The maximum Gasteiger partial charge on any atom is 0.224 e. The number of hydrogen-bond acceptors (Lipinski definition) is 2. The van der Waals surface area contributed by atoms with Crippen LogP contribution < -0.4 is 10.6 Å². The van der Waals surface area contributed by atoms with E-state index >= 15 is 0 Å². The van der Waals surface area contributed by atoms with Crippen molar-refractivity contribution in [1.82, 2.24) is 0 Å². The van der Waals surface area contributed by atoms with Crippen molar-refractivity contribution in [2.75, 3.05) is 10.6 Å². The molecule has 0 saturated carbocycles. The lowest BCUT2D eigenvalue weighted by molar-refractivity contribution is -0.118. The van der Waals surface area contributed by atoms with Crippen LogP contribution in [0.25, 0.3) is 0 Å². The van der Waals surface area contributed by atoms with Gasteiger partial charge < -0.3 is 10.6 Å². The molecule has 0 heterocycles. The van der Waals surface area contributed by atoms with Gasteiger partial charge in [0.25, 0.3) is 0 Å². The average molecular weight is 266 g/mol. The quantitative estimate of drug-likeness (QED) is 0.882. The van der Waals surface area contributed by atoms with E-state index in [0.29, 0.717) is 5.69 Å². The molecule has 1 aromatic rings. The zero-order valence-electron chi connectivity index (χ0n) is 11.6. The minimum Gasteiger partial charge on any atom is -0.326 e. The van der Waals surface area contributed by atoms with Crippen molar-refractivity contribution in [2.45, 2.75) is 34.1 Å². The van der Waals surface area contributed by atoms with Crippen molar-refractivity contribution in [3.05, 3.63) is 24.0 Å². The molecule has 104 valence electrons. The smallest absolute Gasteiger partial charge is 0.224 e. The molecule has 2 N–H and O–H groups in total. The summed E-state index contributed by atoms with van der Waals surface area (Å²) in [6.07, 6.45) is 0.288. The lowest BCUT2D eigenvalue weighted by atomic mass is 9.92. The Morgan fingerprint density at radius 1 is 1.21 bits per heavy atom. The predicted octanol–water partition coefficient (Wildman–Crippen LogP) is 3.16. The summed E-state index contributed by atoms with van der Waals surface area (Å²) in [5, 5.41) is 5.05. The van der Waals surface area contributed by atoms with E-state index in [1.54, 1.807) is 0 Å². The van der Waals surface area contributed by atoms with Crippen LogP contribution in [0.2, 0.25) is 0 Å². The van der Waals surface area contributed by atoms with Gasteiger partial charge in [-0.2, -0.15) is 0 Å². The first-order valence-corrected chi connectivity index (χ1v) is 6.04. The van der Waals surface area contributed by atoms with Crippen molar-refractivity contribution in [3.63, 3.8) is 0 Å². The zero-order chi connectivity index (χ0) is 14.6. The van der Waals surface area contributed by atoms with E-state index in [1.165, 1.54) is 25.1 Å². The first kappa shape index (κ1) is 15.1. The van der Waals surface area contributed by atoms with E-state index in [0.717, 1.165) is 0 Å². The van der Waals surface area contributed by atoms with Crippen LogP contribution in [0.5, 0.6) is 0 Å². The normalized spacial score (nSPS) is 11.0. The number of hydrogen-bond donors (Lipinski definition) is 2. The van der Waals surface area contributed by atoms with Gasteiger partial charge in [-0.15, -0.1) is 0 Å². The first-order chi connectivity index (χ1) is 8.67. The fraction of sp³-hybridized carbons (Fsp3) is 0.429. The van der Waals surface area contributed by atoms with Gasteiger partial charge in [0.2, 0.25) is 11.8 Å². The Kier molecular flexibility index (Phi) is 4.64. The SMILES string of the molecule is CC(=O)Nc1ccc(F)c(NC(=O)CC(C)(C)C)c1. The molecule has 0 fully saturated rings. The number of halogens is 1. The second-order valence-electron chi connectivity index (χ2n) is 5.66. The minimum atomic E-state index is -0.531. The third-order valence-electron chi connectivity index (χ3n) is 2.25. The van der Waals surface area contributed by atoms with Gasteiger partial charge >= 0.3 is 0 Å². The summed E-state index contributed by atoms with van der Waals surface area (Å²) in [5.41, 5.74) is 0.343. The van der Waals surface area contributed by atoms with Gasteiger partial charge in [-0.3, -0.25) is 9.59 Å². The molecule has 5 heteroatoms. The minimum absolute atomic E-state index is 0.0699. The number of benzene rings is 1. The first-order valence-electron chi connectivity index (χ1n) is 6.04. The Balaban J connectivity index is 2.82. The molecule has 0 radical (unpaired) electrons. The van der Waals surface area contributed by atoms with Crippen LogP contribution in [0.15, 0.2) is 18.2 Å². The summed E-state index contributed by atoms with van der Waals surface area (Å²) in [4.78, 5) is 22.7. The molecule has 0 saturated heterocycles. The molecule has 1 rings (SSSR count). The summed E-state index contributed by atoms with van der Waals surface area (Å²) in [7, 11) is 0. The molecule has 0 aliphatic heterocycles. The number of carbonyl (C=O) groups is 2. The highest BCUT2D eigenvalue weighted by atomic mass is 19.1. The van der Waals surface area contributed by atoms with Crippen molar-refractivity contribution in [3.8, 4) is 0 Å². The molecule has 2 amide bonds. The number of anilines is 2. The molecule has 0 spiro atoms. The molecule has 0 unspecified atom stereocenters. The van der Waals surface area contributed by atoms with Crippen molar-refractivity contribution >= 4 is 23.2 Å². The van der Waals surface area contributed by atoms with Gasteiger partial charge in [-0.1, -0.05) is 20.8 Å². The zero-order valence-corrected chi connectivity index (χ0v) is 11.6. The highest BCUT2D eigenvalue weighted by Crippen LogP contribution is 2.23. The third-order valence-corrected chi connectivity index (χ3v) is 2.25. The second kappa shape index (κ2) is 5.82. The molecule has 1 aromatic carbocycles. The molecule has 0 aromatic heterocycles. The van der Waals surface area contributed by atoms with Gasteiger partial charge in [-0.05, 0) is 23.6 Å². The predicted molar refractivity (Wildman–Crippen MR) is 73.4 cm³/mol. The van der Waals surface area contributed by atoms with Gasteiger partial charge in [-0.25, -0.2) is 4.39 Å². The van der Waals surface area contributed by atoms with E-state index in [4.69, 9.17) is 0 Å². The highest BCUT2D eigenvalue weighted by molar-refractivity contribution is 5.93. The lowest BCUT2D eigenvalue weighted by Crippen LogP contribution is -2.20. The van der Waals surface area contributed by atoms with E-state index < -0.39 is 5.82 Å². The van der Waals surface area contributed by atoms with Crippen LogP contribution >= 0.6 is 0 Å². The van der Waals surface area contributed by atoms with Crippen LogP contribution in [0, 0.1) is 11.2 Å². The van der Waals surface area contributed by atoms with Crippen LogP contribution in [0.1, 0.15) is 34.1 Å². The fourth-order valence-corrected chi connectivity index (χ4v) is 1.58. The van der Waals surface area contributed by atoms with Crippen LogP contribution in [0.4, 0.5) is 15.8 Å². The summed E-state index contributed by atoms with van der Waals surface area (Å²) >= 11 is 0. The average Bonchev–Trinajstić information content (AvgIpc) is 2.19. The number of carbonyl (C=O) groups excluding carboxylic acids is 2. The largest absolute Gasteiger partial charge is 0.326 e. The maximum atomic E-state index is 13.6. The van der Waals surface area contributed by atoms with E-state index in [1.807, 2.05) is 20.8 Å². The highest BCUT2D eigenvalue weighted by Gasteiger charge is 2.17. The number of amides is 2. The molecular formula is C14H19FN2O2. The Bertz CT molecular complexity index is 493. The van der Waals surface area contributed by atoms with Gasteiger partial charge in [0, 0.05) is 19.0 Å². The summed E-state index contributed by atoms with van der Waals surface area (Å²) in [6, 6.07) is 4.05.